The van der Waals surface area contributed by atoms with Crippen LogP contribution in [0.4, 0.5) is 0 Å². The van der Waals surface area contributed by atoms with Crippen molar-refractivity contribution >= 4 is 45.6 Å². The summed E-state index contributed by atoms with van der Waals surface area (Å²) in [7, 11) is -0.848. The van der Waals surface area contributed by atoms with Crippen molar-refractivity contribution in [3.05, 3.63) is 33.8 Å². The monoisotopic (exact) mass is 298 g/mol. The predicted molar refractivity (Wildman–Crippen MR) is 73.1 cm³/mol. The molecule has 0 aliphatic carbocycles. The first kappa shape index (κ1) is 14.3. The summed E-state index contributed by atoms with van der Waals surface area (Å²) in [6.07, 6.45) is 1.81. The van der Waals surface area contributed by atoms with Crippen molar-refractivity contribution in [1.82, 2.24) is 0 Å². The minimum Gasteiger partial charge on any atom is -0.259 e. The first-order chi connectivity index (χ1) is 7.63. The number of halogens is 3. The van der Waals surface area contributed by atoms with Crippen LogP contribution in [0.1, 0.15) is 18.4 Å². The SMILES string of the molecule is O=S(CCCCCl)Cc1ccc(Cl)c(Cl)c1. The summed E-state index contributed by atoms with van der Waals surface area (Å²) in [5.74, 6) is 1.84. The average Bonchev–Trinajstić information content (AvgIpc) is 2.24. The van der Waals surface area contributed by atoms with E-state index in [0.717, 1.165) is 18.4 Å². The molecule has 0 bridgehead atoms. The second-order valence-electron chi connectivity index (χ2n) is 3.43. The van der Waals surface area contributed by atoms with Crippen LogP contribution in [0.25, 0.3) is 0 Å². The lowest BCUT2D eigenvalue weighted by Crippen LogP contribution is -2.01. The van der Waals surface area contributed by atoms with Gasteiger partial charge in [-0.3, -0.25) is 4.21 Å². The van der Waals surface area contributed by atoms with Crippen LogP contribution < -0.4 is 0 Å². The van der Waals surface area contributed by atoms with Crippen molar-refractivity contribution < 1.29 is 4.21 Å². The zero-order valence-electron chi connectivity index (χ0n) is 8.72. The Labute approximate surface area is 114 Å². The van der Waals surface area contributed by atoms with Gasteiger partial charge in [0.2, 0.25) is 0 Å². The highest BCUT2D eigenvalue weighted by atomic mass is 35.5. The van der Waals surface area contributed by atoms with Crippen LogP contribution in [0.5, 0.6) is 0 Å². The minimum atomic E-state index is -0.848. The fourth-order valence-electron chi connectivity index (χ4n) is 1.25. The van der Waals surface area contributed by atoms with Crippen LogP contribution in [-0.4, -0.2) is 15.8 Å². The van der Waals surface area contributed by atoms with E-state index in [2.05, 4.69) is 0 Å². The Hall–Kier alpha value is 0.240. The van der Waals surface area contributed by atoms with Gasteiger partial charge in [0, 0.05) is 28.2 Å². The van der Waals surface area contributed by atoms with Crippen LogP contribution in [-0.2, 0) is 16.6 Å². The van der Waals surface area contributed by atoms with Gasteiger partial charge in [0.05, 0.1) is 10.0 Å². The van der Waals surface area contributed by atoms with Crippen molar-refractivity contribution in [3.63, 3.8) is 0 Å². The van der Waals surface area contributed by atoms with Crippen LogP contribution in [0.15, 0.2) is 18.2 Å². The quantitative estimate of drug-likeness (QED) is 0.566. The average molecular weight is 300 g/mol. The van der Waals surface area contributed by atoms with Crippen molar-refractivity contribution in [1.29, 1.82) is 0 Å². The Morgan fingerprint density at radius 3 is 2.50 bits per heavy atom. The number of unbranched alkanes of at least 4 members (excludes halogenated alkanes) is 1. The smallest absolute Gasteiger partial charge is 0.0595 e. The Morgan fingerprint density at radius 1 is 1.12 bits per heavy atom. The fraction of sp³-hybridized carbons (Fsp3) is 0.455. The summed E-state index contributed by atoms with van der Waals surface area (Å²) >= 11 is 17.2. The van der Waals surface area contributed by atoms with E-state index in [-0.39, 0.29) is 0 Å². The molecule has 0 N–H and O–H groups in total. The Morgan fingerprint density at radius 2 is 1.88 bits per heavy atom. The summed E-state index contributed by atoms with van der Waals surface area (Å²) in [5, 5.41) is 1.04. The Balaban J connectivity index is 2.46. The largest absolute Gasteiger partial charge is 0.259 e. The zero-order valence-corrected chi connectivity index (χ0v) is 11.8. The lowest BCUT2D eigenvalue weighted by molar-refractivity contribution is 0.679. The molecule has 0 spiro atoms. The number of hydrogen-bond acceptors (Lipinski definition) is 1. The first-order valence-corrected chi connectivity index (χ1v) is 7.76. The number of alkyl halides is 1. The normalized spacial score (nSPS) is 12.7. The molecule has 0 aromatic heterocycles. The van der Waals surface area contributed by atoms with E-state index in [4.69, 9.17) is 34.8 Å². The molecule has 1 aromatic carbocycles. The summed E-state index contributed by atoms with van der Waals surface area (Å²) in [6, 6.07) is 5.35. The van der Waals surface area contributed by atoms with E-state index in [1.807, 2.05) is 6.07 Å². The van der Waals surface area contributed by atoms with Crippen molar-refractivity contribution in [2.75, 3.05) is 11.6 Å². The molecule has 1 unspecified atom stereocenters. The van der Waals surface area contributed by atoms with Crippen molar-refractivity contribution in [2.24, 2.45) is 0 Å². The van der Waals surface area contributed by atoms with E-state index in [9.17, 15) is 4.21 Å². The van der Waals surface area contributed by atoms with Gasteiger partial charge in [0.25, 0.3) is 0 Å². The predicted octanol–water partition coefficient (Wildman–Crippen LogP) is 4.26. The topological polar surface area (TPSA) is 17.1 Å². The third-order valence-electron chi connectivity index (χ3n) is 2.07. The third kappa shape index (κ3) is 5.05. The van der Waals surface area contributed by atoms with Crippen LogP contribution >= 0.6 is 34.8 Å². The van der Waals surface area contributed by atoms with Gasteiger partial charge in [-0.2, -0.15) is 0 Å². The van der Waals surface area contributed by atoms with Gasteiger partial charge in [-0.15, -0.1) is 11.6 Å². The van der Waals surface area contributed by atoms with Crippen molar-refractivity contribution in [3.8, 4) is 0 Å². The molecule has 1 nitrogen and oxygen atoms in total. The van der Waals surface area contributed by atoms with Gasteiger partial charge >= 0.3 is 0 Å². The van der Waals surface area contributed by atoms with Gasteiger partial charge in [-0.05, 0) is 30.5 Å². The van der Waals surface area contributed by atoms with Crippen LogP contribution in [0.3, 0.4) is 0 Å². The lowest BCUT2D eigenvalue weighted by Gasteiger charge is -2.03. The number of hydrogen-bond donors (Lipinski definition) is 0. The zero-order chi connectivity index (χ0) is 12.0. The molecule has 0 heterocycles. The van der Waals surface area contributed by atoms with E-state index in [1.165, 1.54) is 0 Å². The molecule has 0 saturated carbocycles. The molecule has 0 saturated heterocycles. The molecule has 16 heavy (non-hydrogen) atoms. The van der Waals surface area contributed by atoms with Gasteiger partial charge in [-0.25, -0.2) is 0 Å². The maximum absolute atomic E-state index is 11.7. The minimum absolute atomic E-state index is 0.511. The molecule has 1 rings (SSSR count). The maximum Gasteiger partial charge on any atom is 0.0595 e. The summed E-state index contributed by atoms with van der Waals surface area (Å²) in [5.41, 5.74) is 0.957. The summed E-state index contributed by atoms with van der Waals surface area (Å²) in [6.45, 7) is 0. The Kier molecular flexibility index (Phi) is 6.74. The van der Waals surface area contributed by atoms with Crippen LogP contribution in [0, 0.1) is 0 Å². The van der Waals surface area contributed by atoms with E-state index < -0.39 is 10.8 Å². The maximum atomic E-state index is 11.7. The lowest BCUT2D eigenvalue weighted by atomic mass is 10.2. The number of rotatable bonds is 6. The van der Waals surface area contributed by atoms with Gasteiger partial charge in [0.15, 0.2) is 0 Å². The van der Waals surface area contributed by atoms with E-state index in [0.29, 0.717) is 27.4 Å². The molecule has 0 radical (unpaired) electrons. The first-order valence-electron chi connectivity index (χ1n) is 4.98. The fourth-order valence-corrected chi connectivity index (χ4v) is 2.98. The van der Waals surface area contributed by atoms with Crippen LogP contribution in [0.2, 0.25) is 10.0 Å². The van der Waals surface area contributed by atoms with E-state index >= 15 is 0 Å². The molecule has 1 aromatic rings. The second kappa shape index (κ2) is 7.54. The standard InChI is InChI=1S/C11H13Cl3OS/c12-5-1-2-6-16(15)8-9-3-4-10(13)11(14)7-9/h3-4,7H,1-2,5-6,8H2. The molecule has 0 fully saturated rings. The highest BCUT2D eigenvalue weighted by Gasteiger charge is 2.04. The molecular weight excluding hydrogens is 287 g/mol. The van der Waals surface area contributed by atoms with Crippen molar-refractivity contribution in [2.45, 2.75) is 18.6 Å². The second-order valence-corrected chi connectivity index (χ2v) is 6.20. The highest BCUT2D eigenvalue weighted by Crippen LogP contribution is 2.23. The van der Waals surface area contributed by atoms with Gasteiger partial charge in [-0.1, -0.05) is 29.3 Å². The molecule has 0 aliphatic heterocycles. The molecule has 5 heteroatoms. The molecule has 0 amide bonds. The van der Waals surface area contributed by atoms with E-state index in [1.54, 1.807) is 12.1 Å². The molecule has 90 valence electrons. The molecule has 1 atom stereocenters. The highest BCUT2D eigenvalue weighted by molar-refractivity contribution is 7.84. The number of benzene rings is 1. The summed E-state index contributed by atoms with van der Waals surface area (Å²) < 4.78 is 11.7. The summed E-state index contributed by atoms with van der Waals surface area (Å²) in [4.78, 5) is 0. The van der Waals surface area contributed by atoms with Gasteiger partial charge < -0.3 is 0 Å². The molecule has 0 aliphatic rings. The molecular formula is C11H13Cl3OS. The third-order valence-corrected chi connectivity index (χ3v) is 4.47. The Bertz CT molecular complexity index is 368. The van der Waals surface area contributed by atoms with Gasteiger partial charge in [0.1, 0.15) is 0 Å².